The van der Waals surface area contributed by atoms with E-state index in [1.54, 1.807) is 23.3 Å². The third-order valence-corrected chi connectivity index (χ3v) is 4.27. The molecule has 0 radical (unpaired) electrons. The maximum atomic E-state index is 12.7. The molecular formula is C16H21N5O. The molecule has 0 aromatic carbocycles. The summed E-state index contributed by atoms with van der Waals surface area (Å²) in [4.78, 5) is 22.9. The van der Waals surface area contributed by atoms with Gasteiger partial charge in [-0.15, -0.1) is 0 Å². The van der Waals surface area contributed by atoms with Gasteiger partial charge in [0, 0.05) is 37.7 Å². The van der Waals surface area contributed by atoms with Crippen molar-refractivity contribution in [2.45, 2.75) is 25.8 Å². The van der Waals surface area contributed by atoms with Gasteiger partial charge in [-0.05, 0) is 30.9 Å². The molecule has 6 nitrogen and oxygen atoms in total. The van der Waals surface area contributed by atoms with Gasteiger partial charge < -0.3 is 10.6 Å². The van der Waals surface area contributed by atoms with E-state index >= 15 is 0 Å². The lowest BCUT2D eigenvalue weighted by atomic mass is 9.92. The van der Waals surface area contributed by atoms with Gasteiger partial charge in [0.2, 0.25) is 0 Å². The lowest BCUT2D eigenvalue weighted by Crippen LogP contribution is -2.49. The fourth-order valence-electron chi connectivity index (χ4n) is 2.97. The number of carbonyl (C=O) groups excluding carboxylic acids is 1. The van der Waals surface area contributed by atoms with E-state index in [2.05, 4.69) is 16.9 Å². The molecule has 3 heterocycles. The molecular weight excluding hydrogens is 278 g/mol. The second kappa shape index (κ2) is 6.27. The summed E-state index contributed by atoms with van der Waals surface area (Å²) in [6, 6.07) is 3.78. The number of aromatic nitrogens is 3. The van der Waals surface area contributed by atoms with Crippen LogP contribution in [0.25, 0.3) is 5.82 Å². The summed E-state index contributed by atoms with van der Waals surface area (Å²) in [5, 5.41) is 0. The molecule has 1 aliphatic heterocycles. The van der Waals surface area contributed by atoms with Gasteiger partial charge in [-0.3, -0.25) is 9.36 Å². The van der Waals surface area contributed by atoms with Gasteiger partial charge in [-0.2, -0.15) is 0 Å². The topological polar surface area (TPSA) is 77.0 Å². The van der Waals surface area contributed by atoms with Crippen molar-refractivity contribution < 1.29 is 4.79 Å². The summed E-state index contributed by atoms with van der Waals surface area (Å²) in [7, 11) is 0. The predicted molar refractivity (Wildman–Crippen MR) is 83.6 cm³/mol. The molecule has 1 saturated heterocycles. The standard InChI is InChI=1S/C16H21N5O/c1-12-4-6-21(14(8-12)9-17)16(22)13-2-3-15(19-10-13)20-7-5-18-11-20/h2-3,5,7,10-12,14H,4,6,8-9,17H2,1H3. The number of hydrogen-bond donors (Lipinski definition) is 1. The first-order chi connectivity index (χ1) is 10.7. The van der Waals surface area contributed by atoms with Crippen LogP contribution in [-0.2, 0) is 0 Å². The summed E-state index contributed by atoms with van der Waals surface area (Å²) in [5.74, 6) is 1.39. The van der Waals surface area contributed by atoms with Crippen LogP contribution in [0.5, 0.6) is 0 Å². The molecule has 1 aliphatic rings. The van der Waals surface area contributed by atoms with E-state index in [-0.39, 0.29) is 11.9 Å². The maximum absolute atomic E-state index is 12.7. The van der Waals surface area contributed by atoms with Gasteiger partial charge in [-0.25, -0.2) is 9.97 Å². The second-order valence-electron chi connectivity index (χ2n) is 5.89. The summed E-state index contributed by atoms with van der Waals surface area (Å²) in [5.41, 5.74) is 6.45. The van der Waals surface area contributed by atoms with E-state index in [9.17, 15) is 4.79 Å². The van der Waals surface area contributed by atoms with Crippen LogP contribution in [0, 0.1) is 5.92 Å². The van der Waals surface area contributed by atoms with Gasteiger partial charge in [0.25, 0.3) is 5.91 Å². The van der Waals surface area contributed by atoms with Crippen LogP contribution in [0.2, 0.25) is 0 Å². The molecule has 1 amide bonds. The second-order valence-corrected chi connectivity index (χ2v) is 5.89. The zero-order chi connectivity index (χ0) is 15.5. The minimum Gasteiger partial charge on any atom is -0.334 e. The van der Waals surface area contributed by atoms with Crippen LogP contribution in [-0.4, -0.2) is 44.5 Å². The highest BCUT2D eigenvalue weighted by Gasteiger charge is 2.29. The molecule has 116 valence electrons. The number of hydrogen-bond acceptors (Lipinski definition) is 4. The van der Waals surface area contributed by atoms with Crippen LogP contribution < -0.4 is 5.73 Å². The maximum Gasteiger partial charge on any atom is 0.255 e. The Morgan fingerprint density at radius 1 is 1.45 bits per heavy atom. The molecule has 2 aromatic heterocycles. The molecule has 22 heavy (non-hydrogen) atoms. The highest BCUT2D eigenvalue weighted by atomic mass is 16.2. The Balaban J connectivity index is 1.77. The number of rotatable bonds is 3. The van der Waals surface area contributed by atoms with E-state index in [0.29, 0.717) is 18.0 Å². The fraction of sp³-hybridized carbons (Fsp3) is 0.438. The fourth-order valence-corrected chi connectivity index (χ4v) is 2.97. The van der Waals surface area contributed by atoms with Crippen molar-refractivity contribution in [2.24, 2.45) is 11.7 Å². The van der Waals surface area contributed by atoms with Crippen molar-refractivity contribution in [3.63, 3.8) is 0 Å². The van der Waals surface area contributed by atoms with Crippen LogP contribution >= 0.6 is 0 Å². The molecule has 2 aromatic rings. The van der Waals surface area contributed by atoms with Crippen molar-refractivity contribution >= 4 is 5.91 Å². The van der Waals surface area contributed by atoms with Gasteiger partial charge in [0.05, 0.1) is 5.56 Å². The Hall–Kier alpha value is -2.21. The number of imidazole rings is 1. The third kappa shape index (κ3) is 2.87. The molecule has 0 spiro atoms. The molecule has 2 unspecified atom stereocenters. The Labute approximate surface area is 130 Å². The average molecular weight is 299 g/mol. The zero-order valence-electron chi connectivity index (χ0n) is 12.7. The molecule has 0 aliphatic carbocycles. The minimum absolute atomic E-state index is 0.0204. The quantitative estimate of drug-likeness (QED) is 0.931. The largest absolute Gasteiger partial charge is 0.334 e. The summed E-state index contributed by atoms with van der Waals surface area (Å²) >= 11 is 0. The molecule has 2 N–H and O–H groups in total. The Kier molecular flexibility index (Phi) is 4.20. The Bertz CT molecular complexity index is 622. The van der Waals surface area contributed by atoms with Gasteiger partial charge in [-0.1, -0.05) is 6.92 Å². The van der Waals surface area contributed by atoms with E-state index in [0.717, 1.165) is 25.2 Å². The number of amides is 1. The number of pyridine rings is 1. The number of piperidine rings is 1. The number of likely N-dealkylation sites (tertiary alicyclic amines) is 1. The summed E-state index contributed by atoms with van der Waals surface area (Å²) < 4.78 is 1.81. The molecule has 0 bridgehead atoms. The first kappa shape index (κ1) is 14.7. The molecule has 0 saturated carbocycles. The van der Waals surface area contributed by atoms with Crippen molar-refractivity contribution in [1.82, 2.24) is 19.4 Å². The zero-order valence-corrected chi connectivity index (χ0v) is 12.7. The van der Waals surface area contributed by atoms with Crippen LogP contribution in [0.1, 0.15) is 30.1 Å². The van der Waals surface area contributed by atoms with E-state index in [1.165, 1.54) is 0 Å². The van der Waals surface area contributed by atoms with Gasteiger partial charge in [0.15, 0.2) is 0 Å². The number of nitrogens with two attached hydrogens (primary N) is 1. The van der Waals surface area contributed by atoms with Crippen molar-refractivity contribution in [2.75, 3.05) is 13.1 Å². The minimum atomic E-state index is 0.0204. The van der Waals surface area contributed by atoms with E-state index in [1.807, 2.05) is 23.2 Å². The Morgan fingerprint density at radius 2 is 2.32 bits per heavy atom. The lowest BCUT2D eigenvalue weighted by Gasteiger charge is -2.38. The predicted octanol–water partition coefficient (Wildman–Crippen LogP) is 1.47. The van der Waals surface area contributed by atoms with Crippen LogP contribution in [0.15, 0.2) is 37.1 Å². The van der Waals surface area contributed by atoms with Crippen molar-refractivity contribution in [3.05, 3.63) is 42.6 Å². The molecule has 3 rings (SSSR count). The summed E-state index contributed by atoms with van der Waals surface area (Å²) in [6.45, 7) is 3.49. The van der Waals surface area contributed by atoms with E-state index < -0.39 is 0 Å². The van der Waals surface area contributed by atoms with Gasteiger partial charge in [0.1, 0.15) is 12.1 Å². The monoisotopic (exact) mass is 299 g/mol. The first-order valence-corrected chi connectivity index (χ1v) is 7.64. The van der Waals surface area contributed by atoms with Crippen LogP contribution in [0.3, 0.4) is 0 Å². The van der Waals surface area contributed by atoms with Crippen molar-refractivity contribution in [1.29, 1.82) is 0 Å². The first-order valence-electron chi connectivity index (χ1n) is 7.64. The van der Waals surface area contributed by atoms with Gasteiger partial charge >= 0.3 is 0 Å². The molecule has 2 atom stereocenters. The molecule has 1 fully saturated rings. The van der Waals surface area contributed by atoms with Crippen molar-refractivity contribution in [3.8, 4) is 5.82 Å². The average Bonchev–Trinajstić information content (AvgIpc) is 3.08. The number of carbonyl (C=O) groups is 1. The lowest BCUT2D eigenvalue weighted by molar-refractivity contribution is 0.0573. The van der Waals surface area contributed by atoms with Crippen LogP contribution in [0.4, 0.5) is 0 Å². The Morgan fingerprint density at radius 3 is 2.95 bits per heavy atom. The smallest absolute Gasteiger partial charge is 0.255 e. The highest BCUT2D eigenvalue weighted by molar-refractivity contribution is 5.94. The highest BCUT2D eigenvalue weighted by Crippen LogP contribution is 2.23. The summed E-state index contributed by atoms with van der Waals surface area (Å²) in [6.07, 6.45) is 8.83. The molecule has 6 heteroatoms. The number of nitrogens with zero attached hydrogens (tertiary/aromatic N) is 4. The van der Waals surface area contributed by atoms with E-state index in [4.69, 9.17) is 5.73 Å². The third-order valence-electron chi connectivity index (χ3n) is 4.27. The SMILES string of the molecule is CC1CCN(C(=O)c2ccc(-n3ccnc3)nc2)C(CN)C1. The normalized spacial score (nSPS) is 21.8.